The predicted molar refractivity (Wildman–Crippen MR) is 87.2 cm³/mol. The average Bonchev–Trinajstić information content (AvgIpc) is 3.02. The van der Waals surface area contributed by atoms with Crippen LogP contribution < -0.4 is 15.1 Å². The number of ether oxygens (including phenoxy) is 2. The van der Waals surface area contributed by atoms with Crippen LogP contribution in [0.15, 0.2) is 62.9 Å². The summed E-state index contributed by atoms with van der Waals surface area (Å²) in [6, 6.07) is 14.2. The summed E-state index contributed by atoms with van der Waals surface area (Å²) in [5, 5.41) is 13.2. The highest BCUT2D eigenvalue weighted by Gasteiger charge is 2.38. The molecule has 0 bridgehead atoms. The van der Waals surface area contributed by atoms with E-state index in [2.05, 4.69) is 5.16 Å². The second-order valence-corrected chi connectivity index (χ2v) is 5.37. The Kier molecular flexibility index (Phi) is 3.23. The van der Waals surface area contributed by atoms with Crippen LogP contribution in [0.4, 0.5) is 0 Å². The van der Waals surface area contributed by atoms with Gasteiger partial charge in [-0.15, -0.1) is 0 Å². The Balaban J connectivity index is 1.96. The molecule has 1 aliphatic heterocycles. The molecule has 1 aromatic heterocycles. The molecule has 6 heteroatoms. The normalized spacial score (nSPS) is 17.7. The maximum Gasteiger partial charge on any atom is 0.344 e. The third-order valence-electron chi connectivity index (χ3n) is 4.09. The average molecular weight is 323 g/mol. The first-order valence-corrected chi connectivity index (χ1v) is 7.32. The highest BCUT2D eigenvalue weighted by Crippen LogP contribution is 2.42. The predicted octanol–water partition coefficient (Wildman–Crippen LogP) is 3.11. The number of oxime groups is 1. The molecule has 120 valence electrons. The van der Waals surface area contributed by atoms with E-state index < -0.39 is 11.5 Å². The lowest BCUT2D eigenvalue weighted by molar-refractivity contribution is 0.303. The molecule has 6 nitrogen and oxygen atoms in total. The van der Waals surface area contributed by atoms with Crippen LogP contribution in [0.3, 0.4) is 0 Å². The standard InChI is InChI=1S/C18H13NO5/c1-22-11-8-6-10(7-9-11)14-15-16(24-17(14)19-21)12-4-2-3-5-13(12)23-18(15)20/h2-9,14,21H,1H3/b19-17-. The number of para-hydroxylation sites is 1. The number of fused-ring (bicyclic) bond motifs is 3. The summed E-state index contributed by atoms with van der Waals surface area (Å²) in [4.78, 5) is 12.5. The van der Waals surface area contributed by atoms with Crippen LogP contribution in [-0.2, 0) is 0 Å². The lowest BCUT2D eigenvalue weighted by atomic mass is 9.93. The van der Waals surface area contributed by atoms with Gasteiger partial charge in [-0.05, 0) is 29.8 Å². The third-order valence-corrected chi connectivity index (χ3v) is 4.09. The summed E-state index contributed by atoms with van der Waals surface area (Å²) in [5.74, 6) is 0.469. The summed E-state index contributed by atoms with van der Waals surface area (Å²) in [7, 11) is 1.57. The van der Waals surface area contributed by atoms with Gasteiger partial charge < -0.3 is 19.1 Å². The van der Waals surface area contributed by atoms with Gasteiger partial charge in [-0.2, -0.15) is 0 Å². The van der Waals surface area contributed by atoms with Gasteiger partial charge in [-0.25, -0.2) is 4.79 Å². The molecule has 3 aromatic rings. The van der Waals surface area contributed by atoms with Crippen molar-refractivity contribution in [2.24, 2.45) is 5.16 Å². The number of nitrogens with zero attached hydrogens (tertiary/aromatic N) is 1. The van der Waals surface area contributed by atoms with E-state index in [0.29, 0.717) is 28.0 Å². The fraction of sp³-hybridized carbons (Fsp3) is 0.111. The van der Waals surface area contributed by atoms with Crippen LogP contribution in [0, 0.1) is 0 Å². The second kappa shape index (κ2) is 5.42. The van der Waals surface area contributed by atoms with Crippen molar-refractivity contribution in [1.29, 1.82) is 0 Å². The van der Waals surface area contributed by atoms with Gasteiger partial charge >= 0.3 is 5.63 Å². The van der Waals surface area contributed by atoms with E-state index in [1.807, 2.05) is 6.07 Å². The summed E-state index contributed by atoms with van der Waals surface area (Å²) >= 11 is 0. The van der Waals surface area contributed by atoms with Crippen molar-refractivity contribution in [1.82, 2.24) is 0 Å². The van der Waals surface area contributed by atoms with Crippen LogP contribution in [0.2, 0.25) is 0 Å². The number of rotatable bonds is 2. The Labute approximate surface area is 136 Å². The van der Waals surface area contributed by atoms with Gasteiger partial charge in [0.15, 0.2) is 5.75 Å². The maximum absolute atomic E-state index is 12.5. The van der Waals surface area contributed by atoms with Crippen molar-refractivity contribution in [3.63, 3.8) is 0 Å². The second-order valence-electron chi connectivity index (χ2n) is 5.37. The van der Waals surface area contributed by atoms with Crippen molar-refractivity contribution in [2.75, 3.05) is 7.11 Å². The highest BCUT2D eigenvalue weighted by atomic mass is 16.5. The number of hydrogen-bond acceptors (Lipinski definition) is 6. The van der Waals surface area contributed by atoms with Gasteiger partial charge in [-0.1, -0.05) is 29.4 Å². The molecule has 1 aliphatic rings. The Bertz CT molecular complexity index is 1000. The summed E-state index contributed by atoms with van der Waals surface area (Å²) in [5.41, 5.74) is 0.980. The monoisotopic (exact) mass is 323 g/mol. The highest BCUT2D eigenvalue weighted by molar-refractivity contribution is 5.99. The van der Waals surface area contributed by atoms with Crippen LogP contribution in [0.5, 0.6) is 11.5 Å². The minimum atomic E-state index is -0.628. The van der Waals surface area contributed by atoms with E-state index in [9.17, 15) is 10.0 Å². The SMILES string of the molecule is COc1ccc(C2/C(=N/O)Oc3c2c(=O)oc2ccccc32)cc1. The summed E-state index contributed by atoms with van der Waals surface area (Å²) < 4.78 is 16.2. The van der Waals surface area contributed by atoms with E-state index in [-0.39, 0.29) is 5.90 Å². The van der Waals surface area contributed by atoms with Crippen molar-refractivity contribution in [3.8, 4) is 11.5 Å². The topological polar surface area (TPSA) is 81.3 Å². The molecule has 1 atom stereocenters. The molecule has 0 amide bonds. The summed E-state index contributed by atoms with van der Waals surface area (Å²) in [6.45, 7) is 0. The molecule has 0 aliphatic carbocycles. The Morgan fingerprint density at radius 3 is 2.58 bits per heavy atom. The minimum absolute atomic E-state index is 0.0406. The molecule has 24 heavy (non-hydrogen) atoms. The Hall–Kier alpha value is -3.28. The van der Waals surface area contributed by atoms with Crippen molar-refractivity contribution < 1.29 is 19.1 Å². The Morgan fingerprint density at radius 1 is 1.12 bits per heavy atom. The molecule has 0 fully saturated rings. The largest absolute Gasteiger partial charge is 0.497 e. The molecule has 2 aromatic carbocycles. The zero-order valence-electron chi connectivity index (χ0n) is 12.7. The van der Waals surface area contributed by atoms with E-state index in [1.54, 1.807) is 49.6 Å². The maximum atomic E-state index is 12.5. The quantitative estimate of drug-likeness (QED) is 0.445. The lowest BCUT2D eigenvalue weighted by Crippen LogP contribution is -2.16. The molecule has 4 rings (SSSR count). The molecule has 1 N–H and O–H groups in total. The fourth-order valence-electron chi connectivity index (χ4n) is 2.97. The molecule has 0 saturated carbocycles. The van der Waals surface area contributed by atoms with Crippen molar-refractivity contribution in [2.45, 2.75) is 5.92 Å². The molecular formula is C18H13NO5. The summed E-state index contributed by atoms with van der Waals surface area (Å²) in [6.07, 6.45) is 0. The smallest absolute Gasteiger partial charge is 0.344 e. The van der Waals surface area contributed by atoms with Gasteiger partial charge in [0.05, 0.1) is 24.0 Å². The van der Waals surface area contributed by atoms with Crippen LogP contribution in [0.25, 0.3) is 11.0 Å². The zero-order chi connectivity index (χ0) is 16.7. The van der Waals surface area contributed by atoms with Crippen molar-refractivity contribution >= 4 is 16.9 Å². The first-order valence-electron chi connectivity index (χ1n) is 7.32. The molecule has 0 saturated heterocycles. The van der Waals surface area contributed by atoms with Gasteiger partial charge in [0.1, 0.15) is 11.3 Å². The number of hydrogen-bond donors (Lipinski definition) is 1. The van der Waals surface area contributed by atoms with Crippen molar-refractivity contribution in [3.05, 3.63) is 70.1 Å². The van der Waals surface area contributed by atoms with Gasteiger partial charge in [-0.3, -0.25) is 0 Å². The van der Waals surface area contributed by atoms with Crippen LogP contribution >= 0.6 is 0 Å². The van der Waals surface area contributed by atoms with Crippen LogP contribution in [0.1, 0.15) is 17.0 Å². The van der Waals surface area contributed by atoms with Gasteiger partial charge in [0, 0.05) is 0 Å². The van der Waals surface area contributed by atoms with Crippen LogP contribution in [-0.4, -0.2) is 18.2 Å². The minimum Gasteiger partial charge on any atom is -0.497 e. The third kappa shape index (κ3) is 2.04. The van der Waals surface area contributed by atoms with E-state index in [0.717, 1.165) is 5.56 Å². The van der Waals surface area contributed by atoms with E-state index >= 15 is 0 Å². The first kappa shape index (κ1) is 14.3. The molecular weight excluding hydrogens is 310 g/mol. The molecule has 0 radical (unpaired) electrons. The fourth-order valence-corrected chi connectivity index (χ4v) is 2.97. The first-order chi connectivity index (χ1) is 11.7. The zero-order valence-corrected chi connectivity index (χ0v) is 12.7. The van der Waals surface area contributed by atoms with Gasteiger partial charge in [0.2, 0.25) is 5.90 Å². The van der Waals surface area contributed by atoms with Gasteiger partial charge in [0.25, 0.3) is 0 Å². The molecule has 1 unspecified atom stereocenters. The van der Waals surface area contributed by atoms with E-state index in [1.165, 1.54) is 0 Å². The number of benzene rings is 2. The lowest BCUT2D eigenvalue weighted by Gasteiger charge is -2.09. The van der Waals surface area contributed by atoms with E-state index in [4.69, 9.17) is 13.9 Å². The molecule has 0 spiro atoms. The Morgan fingerprint density at radius 2 is 1.88 bits per heavy atom. The number of methoxy groups -OCH3 is 1. The molecule has 2 heterocycles.